The molecule has 3 atom stereocenters. The minimum absolute atomic E-state index is 0.0815. The monoisotopic (exact) mass is 558 g/mol. The highest BCUT2D eigenvalue weighted by molar-refractivity contribution is 7.13. The highest BCUT2D eigenvalue weighted by atomic mass is 32.1. The summed E-state index contributed by atoms with van der Waals surface area (Å²) in [5.41, 5.74) is 1.61. The molecule has 1 amide bonds. The van der Waals surface area contributed by atoms with Crippen LogP contribution in [-0.2, 0) is 20.7 Å². The van der Waals surface area contributed by atoms with Crippen LogP contribution in [0.1, 0.15) is 78.1 Å². The summed E-state index contributed by atoms with van der Waals surface area (Å²) in [6.07, 6.45) is 5.04. The van der Waals surface area contributed by atoms with Crippen LogP contribution in [0.5, 0.6) is 0 Å². The molecule has 0 aliphatic carbocycles. The van der Waals surface area contributed by atoms with Crippen LogP contribution in [0, 0.1) is 0 Å². The van der Waals surface area contributed by atoms with Crippen molar-refractivity contribution in [3.63, 3.8) is 0 Å². The topological polar surface area (TPSA) is 99.5 Å². The van der Waals surface area contributed by atoms with Gasteiger partial charge < -0.3 is 24.6 Å². The number of aryl methyl sites for hydroxylation is 1. The number of benzene rings is 1. The van der Waals surface area contributed by atoms with Crippen LogP contribution in [0.25, 0.3) is 0 Å². The Morgan fingerprint density at radius 1 is 1.13 bits per heavy atom. The maximum Gasteiger partial charge on any atom is 0.348 e. The molecule has 2 aliphatic heterocycles. The summed E-state index contributed by atoms with van der Waals surface area (Å²) in [6.45, 7) is 6.41. The summed E-state index contributed by atoms with van der Waals surface area (Å²) in [7, 11) is 0. The molecule has 3 heterocycles. The van der Waals surface area contributed by atoms with Gasteiger partial charge in [-0.2, -0.15) is 0 Å². The average molecular weight is 559 g/mol. The molecule has 2 saturated heterocycles. The molecular weight excluding hydrogens is 516 g/mol. The first kappa shape index (κ1) is 29.7. The van der Waals surface area contributed by atoms with Gasteiger partial charge in [0, 0.05) is 30.2 Å². The molecule has 2 aliphatic rings. The summed E-state index contributed by atoms with van der Waals surface area (Å²) in [5, 5.41) is 21.1. The number of aliphatic hydroxyl groups excluding tert-OH is 2. The Kier molecular flexibility index (Phi) is 11.3. The van der Waals surface area contributed by atoms with Gasteiger partial charge >= 0.3 is 5.97 Å². The Morgan fingerprint density at radius 2 is 1.90 bits per heavy atom. The Bertz CT molecular complexity index is 1050. The lowest BCUT2D eigenvalue weighted by atomic mass is 10.0. The van der Waals surface area contributed by atoms with Crippen LogP contribution in [0.2, 0.25) is 0 Å². The summed E-state index contributed by atoms with van der Waals surface area (Å²) >= 11 is 1.44. The van der Waals surface area contributed by atoms with Gasteiger partial charge in [-0.1, -0.05) is 38.3 Å². The number of amides is 1. The second kappa shape index (κ2) is 14.9. The normalized spacial score (nSPS) is 20.9. The van der Waals surface area contributed by atoms with Crippen LogP contribution in [0.15, 0.2) is 36.4 Å². The van der Waals surface area contributed by atoms with E-state index in [0.717, 1.165) is 81.0 Å². The molecular formula is C30H42N2O6S. The van der Waals surface area contributed by atoms with Gasteiger partial charge in [0.2, 0.25) is 5.91 Å². The minimum atomic E-state index is -0.711. The van der Waals surface area contributed by atoms with Gasteiger partial charge in [0.1, 0.15) is 11.5 Å². The highest BCUT2D eigenvalue weighted by Crippen LogP contribution is 2.32. The van der Waals surface area contributed by atoms with Crippen molar-refractivity contribution in [1.29, 1.82) is 0 Å². The zero-order valence-electron chi connectivity index (χ0n) is 22.9. The molecule has 0 radical (unpaired) electrons. The van der Waals surface area contributed by atoms with Crippen LogP contribution in [-0.4, -0.2) is 78.6 Å². The van der Waals surface area contributed by atoms with Gasteiger partial charge in [-0.15, -0.1) is 11.3 Å². The van der Waals surface area contributed by atoms with Crippen molar-refractivity contribution in [3.8, 4) is 0 Å². The number of thiophene rings is 1. The molecule has 1 aromatic heterocycles. The molecule has 2 N–H and O–H groups in total. The molecule has 1 unspecified atom stereocenters. The Morgan fingerprint density at radius 3 is 2.64 bits per heavy atom. The average Bonchev–Trinajstić information content (AvgIpc) is 3.53. The maximum absolute atomic E-state index is 12.7. The van der Waals surface area contributed by atoms with E-state index < -0.39 is 12.2 Å². The fourth-order valence-electron chi connectivity index (χ4n) is 5.31. The quantitative estimate of drug-likeness (QED) is 0.263. The van der Waals surface area contributed by atoms with Crippen molar-refractivity contribution in [2.24, 2.45) is 0 Å². The molecule has 4 rings (SSSR count). The van der Waals surface area contributed by atoms with Gasteiger partial charge in [0.25, 0.3) is 0 Å². The summed E-state index contributed by atoms with van der Waals surface area (Å²) in [6, 6.07) is 11.0. The predicted octanol–water partition coefficient (Wildman–Crippen LogP) is 4.34. The third kappa shape index (κ3) is 8.35. The Hall–Kier alpha value is -2.30. The van der Waals surface area contributed by atoms with Crippen molar-refractivity contribution in [1.82, 2.24) is 4.90 Å². The molecule has 39 heavy (non-hydrogen) atoms. The lowest BCUT2D eigenvalue weighted by Crippen LogP contribution is -2.38. The molecule has 1 aromatic carbocycles. The van der Waals surface area contributed by atoms with Gasteiger partial charge in [0.15, 0.2) is 0 Å². The van der Waals surface area contributed by atoms with Crippen molar-refractivity contribution in [2.75, 3.05) is 44.4 Å². The molecule has 2 fully saturated rings. The number of morpholine rings is 1. The first-order valence-electron chi connectivity index (χ1n) is 14.3. The minimum Gasteiger partial charge on any atom is -0.460 e. The molecule has 8 nitrogen and oxygen atoms in total. The van der Waals surface area contributed by atoms with E-state index in [-0.39, 0.29) is 24.3 Å². The summed E-state index contributed by atoms with van der Waals surface area (Å²) < 4.78 is 10.8. The number of rotatable bonds is 14. The number of carbonyl (C=O) groups excluding carboxylic acids is 2. The lowest BCUT2D eigenvalue weighted by Gasteiger charge is -2.27. The van der Waals surface area contributed by atoms with Crippen LogP contribution in [0.4, 0.5) is 5.69 Å². The Balaban J connectivity index is 1.25. The fraction of sp³-hybridized carbons (Fsp3) is 0.600. The zero-order valence-corrected chi connectivity index (χ0v) is 23.7. The summed E-state index contributed by atoms with van der Waals surface area (Å²) in [4.78, 5) is 30.8. The third-order valence-corrected chi connectivity index (χ3v) is 8.72. The molecule has 214 valence electrons. The number of hydrogen-bond donors (Lipinski definition) is 2. The van der Waals surface area contributed by atoms with E-state index in [1.54, 1.807) is 4.90 Å². The van der Waals surface area contributed by atoms with E-state index in [0.29, 0.717) is 24.4 Å². The number of anilines is 1. The van der Waals surface area contributed by atoms with Crippen LogP contribution >= 0.6 is 11.3 Å². The molecule has 0 bridgehead atoms. The van der Waals surface area contributed by atoms with Crippen LogP contribution in [0.3, 0.4) is 0 Å². The number of unbranched alkanes of at least 4 members (excludes halogenated alkanes) is 2. The number of carbonyl (C=O) groups is 2. The third-order valence-electron chi connectivity index (χ3n) is 7.60. The van der Waals surface area contributed by atoms with E-state index in [9.17, 15) is 19.8 Å². The van der Waals surface area contributed by atoms with Gasteiger partial charge in [0.05, 0.1) is 37.9 Å². The zero-order chi connectivity index (χ0) is 27.6. The summed E-state index contributed by atoms with van der Waals surface area (Å²) in [5.74, 6) is -0.372. The van der Waals surface area contributed by atoms with Crippen molar-refractivity contribution < 1.29 is 29.3 Å². The number of nitrogens with zero attached hydrogens (tertiary/aromatic N) is 2. The first-order valence-corrected chi connectivity index (χ1v) is 15.1. The number of aliphatic hydroxyl groups is 2. The van der Waals surface area contributed by atoms with Gasteiger partial charge in [-0.05, 0) is 55.5 Å². The van der Waals surface area contributed by atoms with E-state index in [1.807, 2.05) is 36.4 Å². The SMILES string of the molecule is CCCCCC(O)c1ccc(N2C(=O)C[C@@H](O)[C@@H]2CCCc2ccc(C(=O)OCCN3CCOCC3)s2)cc1. The molecule has 9 heteroatoms. The van der Waals surface area contributed by atoms with E-state index in [4.69, 9.17) is 9.47 Å². The molecule has 2 aromatic rings. The number of hydrogen-bond acceptors (Lipinski definition) is 8. The van der Waals surface area contributed by atoms with E-state index in [1.165, 1.54) is 11.3 Å². The van der Waals surface area contributed by atoms with Crippen molar-refractivity contribution in [2.45, 2.75) is 76.5 Å². The second-order valence-corrected chi connectivity index (χ2v) is 11.6. The second-order valence-electron chi connectivity index (χ2n) is 10.5. The van der Waals surface area contributed by atoms with Crippen LogP contribution < -0.4 is 4.90 Å². The fourth-order valence-corrected chi connectivity index (χ4v) is 6.25. The van der Waals surface area contributed by atoms with Gasteiger partial charge in [-0.25, -0.2) is 4.79 Å². The smallest absolute Gasteiger partial charge is 0.348 e. The van der Waals surface area contributed by atoms with Crippen molar-refractivity contribution >= 4 is 28.9 Å². The standard InChI is InChI=1S/C30H42N2O6S/c1-2-3-4-8-26(33)22-9-11-23(12-10-22)32-25(27(34)21-29(32)35)7-5-6-24-13-14-28(39-24)30(36)38-20-17-31-15-18-37-19-16-31/h9-14,25-27,33-34H,2-8,15-21H2,1H3/t25-,26?,27+/m0/s1. The van der Waals surface area contributed by atoms with Gasteiger partial charge in [-0.3, -0.25) is 9.69 Å². The number of ether oxygens (including phenoxy) is 2. The molecule has 0 saturated carbocycles. The van der Waals surface area contributed by atoms with E-state index >= 15 is 0 Å². The molecule has 0 spiro atoms. The number of esters is 1. The highest BCUT2D eigenvalue weighted by Gasteiger charge is 2.39. The van der Waals surface area contributed by atoms with Crippen molar-refractivity contribution in [3.05, 3.63) is 51.7 Å². The Labute approximate surface area is 235 Å². The first-order chi connectivity index (χ1) is 19.0. The predicted molar refractivity (Wildman–Crippen MR) is 152 cm³/mol. The lowest BCUT2D eigenvalue weighted by molar-refractivity contribution is -0.117. The largest absolute Gasteiger partial charge is 0.460 e. The maximum atomic E-state index is 12.7. The van der Waals surface area contributed by atoms with E-state index in [2.05, 4.69) is 11.8 Å².